The molecule has 0 aromatic carbocycles. The second kappa shape index (κ2) is 29.2. The van der Waals surface area contributed by atoms with Crippen LogP contribution in [-0.4, -0.2) is 11.1 Å². The lowest BCUT2D eigenvalue weighted by molar-refractivity contribution is -0.137. The van der Waals surface area contributed by atoms with Crippen molar-refractivity contribution in [1.29, 1.82) is 0 Å². The fraction of sp³-hybridized carbons (Fsp3) is 0.656. The zero-order chi connectivity index (χ0) is 24.8. The molecule has 0 rings (SSSR count). The smallest absolute Gasteiger partial charge is 0.303 e. The summed E-state index contributed by atoms with van der Waals surface area (Å²) in [5.74, 6) is -0.662. The molecular formula is C32H54O2. The Hall–Kier alpha value is -1.83. The molecule has 0 aliphatic rings. The SMILES string of the molecule is CCCCC/C=C\C/C=C\C/C=C\C/C=C\C/C=C\CCCCCCCCCCCCC(=O)O. The van der Waals surface area contributed by atoms with Gasteiger partial charge in [0.15, 0.2) is 0 Å². The zero-order valence-corrected chi connectivity index (χ0v) is 22.3. The van der Waals surface area contributed by atoms with Gasteiger partial charge in [0.1, 0.15) is 0 Å². The highest BCUT2D eigenvalue weighted by Gasteiger charge is 1.96. The Balaban J connectivity index is 3.34. The molecule has 1 N–H and O–H groups in total. The van der Waals surface area contributed by atoms with Crippen LogP contribution >= 0.6 is 0 Å². The summed E-state index contributed by atoms with van der Waals surface area (Å²) in [4.78, 5) is 10.4. The lowest BCUT2D eigenvalue weighted by Crippen LogP contribution is -1.93. The van der Waals surface area contributed by atoms with Crippen LogP contribution in [0.1, 0.15) is 135 Å². The van der Waals surface area contributed by atoms with Gasteiger partial charge in [-0.3, -0.25) is 4.79 Å². The second-order valence-electron chi connectivity index (χ2n) is 9.26. The molecule has 194 valence electrons. The van der Waals surface area contributed by atoms with Gasteiger partial charge < -0.3 is 5.11 Å². The van der Waals surface area contributed by atoms with Crippen molar-refractivity contribution >= 4 is 5.97 Å². The molecule has 0 amide bonds. The number of unbranched alkanes of at least 4 members (excludes halogenated alkanes) is 13. The largest absolute Gasteiger partial charge is 0.481 e. The summed E-state index contributed by atoms with van der Waals surface area (Å²) in [6.07, 6.45) is 46.0. The summed E-state index contributed by atoms with van der Waals surface area (Å²) in [5.41, 5.74) is 0. The van der Waals surface area contributed by atoms with Crippen LogP contribution in [0.25, 0.3) is 0 Å². The molecular weight excluding hydrogens is 416 g/mol. The van der Waals surface area contributed by atoms with Crippen LogP contribution in [-0.2, 0) is 4.79 Å². The number of hydrogen-bond acceptors (Lipinski definition) is 1. The van der Waals surface area contributed by atoms with Crippen LogP contribution in [0.15, 0.2) is 60.8 Å². The van der Waals surface area contributed by atoms with E-state index in [1.807, 2.05) is 0 Å². The summed E-state index contributed by atoms with van der Waals surface area (Å²) >= 11 is 0. The van der Waals surface area contributed by atoms with E-state index in [4.69, 9.17) is 5.11 Å². The van der Waals surface area contributed by atoms with Gasteiger partial charge in [0.05, 0.1) is 0 Å². The van der Waals surface area contributed by atoms with Crippen LogP contribution in [0.4, 0.5) is 0 Å². The van der Waals surface area contributed by atoms with Crippen molar-refractivity contribution in [1.82, 2.24) is 0 Å². The topological polar surface area (TPSA) is 37.3 Å². The molecule has 0 radical (unpaired) electrons. The minimum Gasteiger partial charge on any atom is -0.481 e. The third-order valence-corrected chi connectivity index (χ3v) is 5.91. The number of allylic oxidation sites excluding steroid dienone is 10. The Kier molecular flexibility index (Phi) is 27.6. The van der Waals surface area contributed by atoms with Crippen molar-refractivity contribution in [2.45, 2.75) is 135 Å². The molecule has 0 atom stereocenters. The van der Waals surface area contributed by atoms with Gasteiger partial charge in [-0.25, -0.2) is 0 Å². The molecule has 0 aliphatic heterocycles. The van der Waals surface area contributed by atoms with E-state index in [-0.39, 0.29) is 0 Å². The first-order valence-electron chi connectivity index (χ1n) is 14.2. The molecule has 0 spiro atoms. The standard InChI is InChI=1S/C32H54O2/c1-2-3-4-5-6-7-8-9-10-11-12-13-14-15-16-17-18-19-20-21-22-23-24-25-26-27-28-29-30-31-32(33)34/h6-7,9-10,12-13,15-16,18-19H,2-5,8,11,14,17,20-31H2,1H3,(H,33,34)/b7-6-,10-9-,13-12-,16-15-,19-18-. The first-order valence-corrected chi connectivity index (χ1v) is 14.2. The highest BCUT2D eigenvalue weighted by atomic mass is 16.4. The number of carboxylic acid groups (broad SMARTS) is 1. The summed E-state index contributed by atoms with van der Waals surface area (Å²) in [7, 11) is 0. The third-order valence-electron chi connectivity index (χ3n) is 5.91. The summed E-state index contributed by atoms with van der Waals surface area (Å²) < 4.78 is 0. The van der Waals surface area contributed by atoms with Gasteiger partial charge in [-0.05, 0) is 57.8 Å². The van der Waals surface area contributed by atoms with Crippen LogP contribution < -0.4 is 0 Å². The molecule has 34 heavy (non-hydrogen) atoms. The molecule has 0 saturated carbocycles. The lowest BCUT2D eigenvalue weighted by atomic mass is 10.1. The Morgan fingerprint density at radius 3 is 1.18 bits per heavy atom. The molecule has 0 fully saturated rings. The van der Waals surface area contributed by atoms with Crippen LogP contribution in [0.5, 0.6) is 0 Å². The maximum absolute atomic E-state index is 10.4. The van der Waals surface area contributed by atoms with E-state index in [1.54, 1.807) is 0 Å². The Morgan fingerprint density at radius 1 is 0.471 bits per heavy atom. The molecule has 0 aromatic rings. The first kappa shape index (κ1) is 32.2. The minimum absolute atomic E-state index is 0.331. The van der Waals surface area contributed by atoms with Gasteiger partial charge in [-0.1, -0.05) is 132 Å². The minimum atomic E-state index is -0.662. The van der Waals surface area contributed by atoms with Crippen LogP contribution in [0.3, 0.4) is 0 Å². The number of carboxylic acids is 1. The fourth-order valence-electron chi connectivity index (χ4n) is 3.78. The van der Waals surface area contributed by atoms with E-state index in [9.17, 15) is 4.79 Å². The molecule has 0 bridgehead atoms. The van der Waals surface area contributed by atoms with E-state index in [0.717, 1.165) is 38.5 Å². The molecule has 2 heteroatoms. The van der Waals surface area contributed by atoms with Crippen molar-refractivity contribution in [2.75, 3.05) is 0 Å². The summed E-state index contributed by atoms with van der Waals surface area (Å²) in [6, 6.07) is 0. The number of aliphatic carboxylic acids is 1. The monoisotopic (exact) mass is 470 g/mol. The summed E-state index contributed by atoms with van der Waals surface area (Å²) in [5, 5.41) is 8.60. The summed E-state index contributed by atoms with van der Waals surface area (Å²) in [6.45, 7) is 2.25. The number of rotatable bonds is 25. The maximum Gasteiger partial charge on any atom is 0.303 e. The van der Waals surface area contributed by atoms with Crippen molar-refractivity contribution in [2.24, 2.45) is 0 Å². The van der Waals surface area contributed by atoms with E-state index >= 15 is 0 Å². The highest BCUT2D eigenvalue weighted by Crippen LogP contribution is 2.12. The molecule has 0 unspecified atom stereocenters. The Labute approximate surface area is 212 Å². The van der Waals surface area contributed by atoms with Gasteiger partial charge in [-0.15, -0.1) is 0 Å². The predicted octanol–water partition coefficient (Wildman–Crippen LogP) is 10.7. The fourth-order valence-corrected chi connectivity index (χ4v) is 3.78. The molecule has 2 nitrogen and oxygen atoms in total. The van der Waals surface area contributed by atoms with E-state index in [2.05, 4.69) is 67.7 Å². The third kappa shape index (κ3) is 30.2. The van der Waals surface area contributed by atoms with Gasteiger partial charge in [-0.2, -0.15) is 0 Å². The number of carbonyl (C=O) groups is 1. The van der Waals surface area contributed by atoms with Crippen LogP contribution in [0.2, 0.25) is 0 Å². The van der Waals surface area contributed by atoms with Crippen LogP contribution in [0, 0.1) is 0 Å². The average Bonchev–Trinajstić information content (AvgIpc) is 2.83. The van der Waals surface area contributed by atoms with Crippen molar-refractivity contribution < 1.29 is 9.90 Å². The van der Waals surface area contributed by atoms with E-state index in [1.165, 1.54) is 83.5 Å². The molecule has 0 heterocycles. The molecule has 0 aromatic heterocycles. The zero-order valence-electron chi connectivity index (χ0n) is 22.3. The van der Waals surface area contributed by atoms with E-state index < -0.39 is 5.97 Å². The molecule has 0 saturated heterocycles. The Morgan fingerprint density at radius 2 is 0.794 bits per heavy atom. The van der Waals surface area contributed by atoms with Gasteiger partial charge >= 0.3 is 5.97 Å². The number of hydrogen-bond donors (Lipinski definition) is 1. The normalized spacial score (nSPS) is 12.5. The molecule has 0 aliphatic carbocycles. The van der Waals surface area contributed by atoms with Gasteiger partial charge in [0.2, 0.25) is 0 Å². The maximum atomic E-state index is 10.4. The van der Waals surface area contributed by atoms with Crippen molar-refractivity contribution in [3.8, 4) is 0 Å². The second-order valence-corrected chi connectivity index (χ2v) is 9.26. The average molecular weight is 471 g/mol. The van der Waals surface area contributed by atoms with Crippen molar-refractivity contribution in [3.05, 3.63) is 60.8 Å². The van der Waals surface area contributed by atoms with Gasteiger partial charge in [0.25, 0.3) is 0 Å². The van der Waals surface area contributed by atoms with E-state index in [0.29, 0.717) is 6.42 Å². The van der Waals surface area contributed by atoms with Gasteiger partial charge in [0, 0.05) is 6.42 Å². The lowest BCUT2D eigenvalue weighted by Gasteiger charge is -2.01. The highest BCUT2D eigenvalue weighted by molar-refractivity contribution is 5.66. The Bertz CT molecular complexity index is 566. The first-order chi connectivity index (χ1) is 16.8. The van der Waals surface area contributed by atoms with Crippen molar-refractivity contribution in [3.63, 3.8) is 0 Å². The quantitative estimate of drug-likeness (QED) is 0.106. The predicted molar refractivity (Wildman–Crippen MR) is 151 cm³/mol.